The molecule has 88 valence electrons. The van der Waals surface area contributed by atoms with Crippen LogP contribution < -0.4 is 5.32 Å². The molecule has 0 saturated carbocycles. The first-order valence-electron chi connectivity index (χ1n) is 5.12. The van der Waals surface area contributed by atoms with E-state index in [1.54, 1.807) is 20.8 Å². The van der Waals surface area contributed by atoms with Crippen LogP contribution in [0.1, 0.15) is 31.1 Å². The second-order valence-corrected chi connectivity index (χ2v) is 4.40. The number of hydrogen-bond donors (Lipinski definition) is 3. The minimum atomic E-state index is -0.686. The van der Waals surface area contributed by atoms with Crippen LogP contribution in [-0.2, 0) is 0 Å². The lowest BCUT2D eigenvalue weighted by Gasteiger charge is -2.29. The second kappa shape index (κ2) is 4.53. The molecule has 4 nitrogen and oxygen atoms in total. The molecule has 1 aromatic carbocycles. The molecule has 1 rings (SSSR count). The van der Waals surface area contributed by atoms with Crippen molar-refractivity contribution in [1.82, 2.24) is 5.32 Å². The Bertz CT molecular complexity index is 368. The number of rotatable bonds is 3. The molecule has 0 radical (unpaired) electrons. The lowest BCUT2D eigenvalue weighted by molar-refractivity contribution is 0.0709. The highest BCUT2D eigenvalue weighted by atomic mass is 16.3. The number of phenols is 1. The van der Waals surface area contributed by atoms with E-state index >= 15 is 0 Å². The number of amides is 1. The average Bonchev–Trinajstić information content (AvgIpc) is 2.17. The van der Waals surface area contributed by atoms with Gasteiger partial charge in [0.1, 0.15) is 5.75 Å². The van der Waals surface area contributed by atoms with Crippen LogP contribution in [0.5, 0.6) is 5.75 Å². The number of aromatic hydroxyl groups is 1. The minimum Gasteiger partial charge on any atom is -0.508 e. The number of aliphatic hydroxyl groups is 1. The predicted octanol–water partition coefficient (Wildman–Crippen LogP) is 1.28. The van der Waals surface area contributed by atoms with Crippen molar-refractivity contribution < 1.29 is 15.0 Å². The third-order valence-electron chi connectivity index (χ3n) is 2.61. The van der Waals surface area contributed by atoms with Crippen molar-refractivity contribution in [2.24, 2.45) is 0 Å². The van der Waals surface area contributed by atoms with Gasteiger partial charge in [0.15, 0.2) is 0 Å². The Kier molecular flexibility index (Phi) is 3.55. The number of benzene rings is 1. The first-order chi connectivity index (χ1) is 7.33. The van der Waals surface area contributed by atoms with E-state index in [4.69, 9.17) is 5.11 Å². The normalized spacial score (nSPS) is 13.2. The Morgan fingerprint density at radius 1 is 1.31 bits per heavy atom. The Hall–Kier alpha value is -1.55. The van der Waals surface area contributed by atoms with Gasteiger partial charge in [0.25, 0.3) is 5.91 Å². The fourth-order valence-electron chi connectivity index (χ4n) is 1.08. The highest BCUT2D eigenvalue weighted by Gasteiger charge is 2.26. The number of nitrogens with one attached hydrogen (secondary N) is 1. The van der Waals surface area contributed by atoms with E-state index in [0.29, 0.717) is 5.56 Å². The molecule has 0 saturated heterocycles. The van der Waals surface area contributed by atoms with Crippen molar-refractivity contribution >= 4 is 5.91 Å². The van der Waals surface area contributed by atoms with Gasteiger partial charge in [-0.1, -0.05) is 0 Å². The minimum absolute atomic E-state index is 0.117. The van der Waals surface area contributed by atoms with Gasteiger partial charge < -0.3 is 15.5 Å². The Morgan fingerprint density at radius 2 is 1.81 bits per heavy atom. The lowest BCUT2D eigenvalue weighted by atomic mass is 9.98. The summed E-state index contributed by atoms with van der Waals surface area (Å²) in [5.41, 5.74) is -0.235. The van der Waals surface area contributed by atoms with Crippen molar-refractivity contribution in [3.8, 4) is 5.75 Å². The molecule has 1 aromatic rings. The maximum atomic E-state index is 11.8. The first-order valence-corrected chi connectivity index (χ1v) is 5.12. The van der Waals surface area contributed by atoms with Crippen LogP contribution in [0.15, 0.2) is 24.3 Å². The van der Waals surface area contributed by atoms with Crippen molar-refractivity contribution in [2.45, 2.75) is 32.4 Å². The van der Waals surface area contributed by atoms with Crippen molar-refractivity contribution in [1.29, 1.82) is 0 Å². The molecule has 1 unspecified atom stereocenters. The van der Waals surface area contributed by atoms with Gasteiger partial charge in [-0.05, 0) is 45.0 Å². The molecule has 0 bridgehead atoms. The zero-order valence-corrected chi connectivity index (χ0v) is 9.69. The topological polar surface area (TPSA) is 69.6 Å². The van der Waals surface area contributed by atoms with Gasteiger partial charge in [0.05, 0.1) is 11.6 Å². The molecule has 16 heavy (non-hydrogen) atoms. The summed E-state index contributed by atoms with van der Waals surface area (Å²) in [4.78, 5) is 11.8. The number of phenolic OH excluding ortho intramolecular Hbond substituents is 1. The standard InChI is InChI=1S/C12H17NO3/c1-8(14)12(2,3)13-11(16)9-4-6-10(15)7-5-9/h4-8,14-15H,1-3H3,(H,13,16). The van der Waals surface area contributed by atoms with Gasteiger partial charge in [0.2, 0.25) is 0 Å². The summed E-state index contributed by atoms with van der Waals surface area (Å²) < 4.78 is 0. The van der Waals surface area contributed by atoms with Gasteiger partial charge >= 0.3 is 0 Å². The van der Waals surface area contributed by atoms with Crippen LogP contribution >= 0.6 is 0 Å². The predicted molar refractivity (Wildman–Crippen MR) is 61.3 cm³/mol. The number of aliphatic hydroxyl groups excluding tert-OH is 1. The molecule has 0 spiro atoms. The van der Waals surface area contributed by atoms with E-state index in [0.717, 1.165) is 0 Å². The van der Waals surface area contributed by atoms with Crippen LogP contribution in [0, 0.1) is 0 Å². The molecule has 0 aliphatic rings. The quantitative estimate of drug-likeness (QED) is 0.723. The molecule has 3 N–H and O–H groups in total. The Morgan fingerprint density at radius 3 is 2.25 bits per heavy atom. The van der Waals surface area contributed by atoms with Gasteiger partial charge in [-0.25, -0.2) is 0 Å². The summed E-state index contributed by atoms with van der Waals surface area (Å²) in [6, 6.07) is 5.96. The first kappa shape index (κ1) is 12.5. The van der Waals surface area contributed by atoms with Crippen molar-refractivity contribution in [2.75, 3.05) is 0 Å². The molecule has 4 heteroatoms. The second-order valence-electron chi connectivity index (χ2n) is 4.40. The van der Waals surface area contributed by atoms with Crippen LogP contribution in [0.2, 0.25) is 0 Å². The lowest BCUT2D eigenvalue weighted by Crippen LogP contribution is -2.50. The van der Waals surface area contributed by atoms with Crippen LogP contribution in [0.25, 0.3) is 0 Å². The maximum Gasteiger partial charge on any atom is 0.251 e. The number of hydrogen-bond acceptors (Lipinski definition) is 3. The highest BCUT2D eigenvalue weighted by Crippen LogP contribution is 2.13. The van der Waals surface area contributed by atoms with Crippen LogP contribution in [0.4, 0.5) is 0 Å². The SMILES string of the molecule is CC(O)C(C)(C)NC(=O)c1ccc(O)cc1. The van der Waals surface area contributed by atoms with Gasteiger partial charge in [-0.2, -0.15) is 0 Å². The van der Waals surface area contributed by atoms with E-state index in [1.807, 2.05) is 0 Å². The molecule has 0 aliphatic heterocycles. The van der Waals surface area contributed by atoms with Crippen LogP contribution in [-0.4, -0.2) is 27.8 Å². The summed E-state index contributed by atoms with van der Waals surface area (Å²) >= 11 is 0. The van der Waals surface area contributed by atoms with E-state index in [9.17, 15) is 9.90 Å². The van der Waals surface area contributed by atoms with Crippen molar-refractivity contribution in [3.05, 3.63) is 29.8 Å². The van der Waals surface area contributed by atoms with E-state index in [2.05, 4.69) is 5.32 Å². The van der Waals surface area contributed by atoms with E-state index in [1.165, 1.54) is 24.3 Å². The summed E-state index contributed by atoms with van der Waals surface area (Å²) in [6.45, 7) is 5.11. The Labute approximate surface area is 94.9 Å². The van der Waals surface area contributed by atoms with Crippen LogP contribution in [0.3, 0.4) is 0 Å². The molecule has 0 aliphatic carbocycles. The third kappa shape index (κ3) is 2.97. The highest BCUT2D eigenvalue weighted by molar-refractivity contribution is 5.94. The smallest absolute Gasteiger partial charge is 0.251 e. The molecule has 0 aromatic heterocycles. The zero-order valence-electron chi connectivity index (χ0n) is 9.69. The maximum absolute atomic E-state index is 11.8. The fraction of sp³-hybridized carbons (Fsp3) is 0.417. The average molecular weight is 223 g/mol. The summed E-state index contributed by atoms with van der Waals surface area (Å²) in [5.74, 6) is -0.155. The van der Waals surface area contributed by atoms with Gasteiger partial charge in [0, 0.05) is 5.56 Å². The number of carbonyl (C=O) groups excluding carboxylic acids is 1. The monoisotopic (exact) mass is 223 g/mol. The molecule has 1 atom stereocenters. The van der Waals surface area contributed by atoms with Gasteiger partial charge in [-0.3, -0.25) is 4.79 Å². The largest absolute Gasteiger partial charge is 0.508 e. The zero-order chi connectivity index (χ0) is 12.3. The van der Waals surface area contributed by atoms with Crippen molar-refractivity contribution in [3.63, 3.8) is 0 Å². The summed E-state index contributed by atoms with van der Waals surface area (Å²) in [7, 11) is 0. The molecule has 0 fully saturated rings. The molecule has 0 heterocycles. The summed E-state index contributed by atoms with van der Waals surface area (Å²) in [6.07, 6.45) is -0.645. The van der Waals surface area contributed by atoms with E-state index < -0.39 is 11.6 Å². The number of carbonyl (C=O) groups is 1. The van der Waals surface area contributed by atoms with E-state index in [-0.39, 0.29) is 11.7 Å². The molecular weight excluding hydrogens is 206 g/mol. The fourth-order valence-corrected chi connectivity index (χ4v) is 1.08. The molecular formula is C12H17NO3. The van der Waals surface area contributed by atoms with Gasteiger partial charge in [-0.15, -0.1) is 0 Å². The third-order valence-corrected chi connectivity index (χ3v) is 2.61. The molecule has 1 amide bonds. The summed E-state index contributed by atoms with van der Waals surface area (Å²) in [5, 5.41) is 21.3. The Balaban J connectivity index is 2.77.